The van der Waals surface area contributed by atoms with E-state index in [0.29, 0.717) is 18.7 Å². The number of aryl methyl sites for hydroxylation is 1. The van der Waals surface area contributed by atoms with E-state index in [2.05, 4.69) is 38.1 Å². The van der Waals surface area contributed by atoms with Crippen LogP contribution in [0.1, 0.15) is 24.8 Å². The molecule has 0 spiro atoms. The number of tetrazole rings is 1. The number of carboxylic acid groups (broad SMARTS) is 1. The van der Waals surface area contributed by atoms with Crippen LogP contribution < -0.4 is 0 Å². The number of benzene rings is 1. The number of hydrogen-bond donors (Lipinski definition) is 1. The zero-order valence-electron chi connectivity index (χ0n) is 10.9. The monoisotopic (exact) mass is 384 g/mol. The average molecular weight is 384 g/mol. The van der Waals surface area contributed by atoms with E-state index >= 15 is 0 Å². The lowest BCUT2D eigenvalue weighted by molar-refractivity contribution is -0.153. The van der Waals surface area contributed by atoms with E-state index in [-0.39, 0.29) is 0 Å². The number of nitrogens with zero attached hydrogens (tertiary/aromatic N) is 4. The molecule has 7 heteroatoms. The lowest BCUT2D eigenvalue weighted by Crippen LogP contribution is -2.48. The van der Waals surface area contributed by atoms with Gasteiger partial charge in [-0.1, -0.05) is 18.2 Å². The summed E-state index contributed by atoms with van der Waals surface area (Å²) in [5, 5.41) is 21.2. The molecule has 0 unspecified atom stereocenters. The van der Waals surface area contributed by atoms with Crippen LogP contribution in [0.5, 0.6) is 0 Å². The fourth-order valence-electron chi connectivity index (χ4n) is 2.49. The Balaban J connectivity index is 2.16. The van der Waals surface area contributed by atoms with Crippen molar-refractivity contribution in [3.8, 4) is 11.4 Å². The van der Waals surface area contributed by atoms with Crippen molar-refractivity contribution < 1.29 is 9.90 Å². The Hall–Kier alpha value is -1.51. The molecule has 0 saturated heterocycles. The van der Waals surface area contributed by atoms with Gasteiger partial charge < -0.3 is 5.11 Å². The second-order valence-electron chi connectivity index (χ2n) is 5.04. The first-order valence-corrected chi connectivity index (χ1v) is 7.42. The average Bonchev–Trinajstić information content (AvgIpc) is 2.80. The molecule has 0 bridgehead atoms. The first-order chi connectivity index (χ1) is 9.56. The van der Waals surface area contributed by atoms with E-state index in [1.165, 1.54) is 4.68 Å². The van der Waals surface area contributed by atoms with Gasteiger partial charge in [-0.25, -0.2) is 9.48 Å². The summed E-state index contributed by atoms with van der Waals surface area (Å²) < 4.78 is 2.52. The second kappa shape index (κ2) is 4.80. The Morgan fingerprint density at radius 3 is 2.80 bits per heavy atom. The molecule has 1 heterocycles. The van der Waals surface area contributed by atoms with E-state index in [1.807, 2.05) is 25.1 Å². The summed E-state index contributed by atoms with van der Waals surface area (Å²) in [7, 11) is 0. The first kappa shape index (κ1) is 13.5. The van der Waals surface area contributed by atoms with Gasteiger partial charge >= 0.3 is 5.97 Å². The predicted octanol–water partition coefficient (Wildman–Crippen LogP) is 2.22. The van der Waals surface area contributed by atoms with Crippen LogP contribution in [0, 0.1) is 10.5 Å². The molecule has 1 N–H and O–H groups in total. The molecule has 6 nitrogen and oxygen atoms in total. The van der Waals surface area contributed by atoms with E-state index < -0.39 is 11.5 Å². The molecule has 1 aliphatic carbocycles. The van der Waals surface area contributed by atoms with Crippen LogP contribution in [-0.4, -0.2) is 31.3 Å². The highest BCUT2D eigenvalue weighted by molar-refractivity contribution is 14.1. The lowest BCUT2D eigenvalue weighted by Gasteiger charge is -2.37. The normalized spacial score (nSPS) is 16.7. The molecular weight excluding hydrogens is 371 g/mol. The van der Waals surface area contributed by atoms with Crippen molar-refractivity contribution in [2.45, 2.75) is 31.7 Å². The Bertz CT molecular complexity index is 679. The van der Waals surface area contributed by atoms with Crippen LogP contribution in [0.4, 0.5) is 0 Å². The Labute approximate surface area is 129 Å². The Morgan fingerprint density at radius 2 is 2.20 bits per heavy atom. The lowest BCUT2D eigenvalue weighted by atomic mass is 9.76. The highest BCUT2D eigenvalue weighted by atomic mass is 127. The molecule has 20 heavy (non-hydrogen) atoms. The van der Waals surface area contributed by atoms with Crippen molar-refractivity contribution >= 4 is 28.6 Å². The summed E-state index contributed by atoms with van der Waals surface area (Å²) in [6, 6.07) is 5.86. The van der Waals surface area contributed by atoms with Crippen molar-refractivity contribution in [3.05, 3.63) is 27.3 Å². The topological polar surface area (TPSA) is 80.9 Å². The van der Waals surface area contributed by atoms with Gasteiger partial charge in [0.1, 0.15) is 0 Å². The molecule has 104 valence electrons. The number of aliphatic carboxylic acids is 1. The third-order valence-electron chi connectivity index (χ3n) is 3.89. The summed E-state index contributed by atoms with van der Waals surface area (Å²) in [6.07, 6.45) is 2.03. The minimum atomic E-state index is -0.980. The number of rotatable bonds is 3. The maximum absolute atomic E-state index is 11.6. The summed E-state index contributed by atoms with van der Waals surface area (Å²) in [4.78, 5) is 11.6. The molecule has 0 atom stereocenters. The van der Waals surface area contributed by atoms with E-state index in [9.17, 15) is 9.90 Å². The van der Waals surface area contributed by atoms with Gasteiger partial charge in [-0.15, -0.1) is 5.10 Å². The van der Waals surface area contributed by atoms with E-state index in [1.54, 1.807) is 0 Å². The van der Waals surface area contributed by atoms with Crippen molar-refractivity contribution in [2.75, 3.05) is 0 Å². The molecule has 1 aromatic carbocycles. The molecule has 2 aromatic rings. The molecule has 3 rings (SSSR count). The zero-order valence-corrected chi connectivity index (χ0v) is 13.0. The van der Waals surface area contributed by atoms with E-state index in [4.69, 9.17) is 0 Å². The number of hydrogen-bond acceptors (Lipinski definition) is 4. The molecule has 0 radical (unpaired) electrons. The molecular formula is C13H13IN4O2. The number of halogens is 1. The van der Waals surface area contributed by atoms with Gasteiger partial charge in [0.2, 0.25) is 0 Å². The van der Waals surface area contributed by atoms with Gasteiger partial charge in [0.25, 0.3) is 0 Å². The fourth-order valence-corrected chi connectivity index (χ4v) is 3.09. The molecule has 0 aliphatic heterocycles. The van der Waals surface area contributed by atoms with Gasteiger partial charge in [0.15, 0.2) is 11.4 Å². The number of aromatic nitrogens is 4. The molecule has 1 aromatic heterocycles. The van der Waals surface area contributed by atoms with Gasteiger partial charge in [0.05, 0.1) is 0 Å². The van der Waals surface area contributed by atoms with Crippen LogP contribution in [0.15, 0.2) is 18.2 Å². The zero-order chi connectivity index (χ0) is 14.3. The van der Waals surface area contributed by atoms with Gasteiger partial charge in [-0.05, 0) is 64.8 Å². The number of carboxylic acids is 1. The minimum absolute atomic E-state index is 0.528. The Kier molecular flexibility index (Phi) is 3.23. The van der Waals surface area contributed by atoms with Crippen molar-refractivity contribution in [3.63, 3.8) is 0 Å². The number of carbonyl (C=O) groups is 1. The standard InChI is InChI=1S/C13H13IN4O2/c1-8-4-2-5-9(10(8)14)11-15-16-17-18(11)13(12(19)20)6-3-7-13/h2,4-5H,3,6-7H2,1H3,(H,19,20). The molecule has 1 saturated carbocycles. The van der Waals surface area contributed by atoms with Crippen molar-refractivity contribution in [1.82, 2.24) is 20.2 Å². The summed E-state index contributed by atoms with van der Waals surface area (Å²) in [6.45, 7) is 2.01. The van der Waals surface area contributed by atoms with Crippen LogP contribution in [-0.2, 0) is 10.3 Å². The molecule has 0 amide bonds. The fraction of sp³-hybridized carbons (Fsp3) is 0.385. The Morgan fingerprint density at radius 1 is 1.45 bits per heavy atom. The predicted molar refractivity (Wildman–Crippen MR) is 80.2 cm³/mol. The largest absolute Gasteiger partial charge is 0.479 e. The summed E-state index contributed by atoms with van der Waals surface area (Å²) in [5.41, 5.74) is 1.02. The highest BCUT2D eigenvalue weighted by Crippen LogP contribution is 2.41. The third kappa shape index (κ3) is 1.83. The smallest absolute Gasteiger partial charge is 0.331 e. The van der Waals surface area contributed by atoms with Crippen molar-refractivity contribution in [1.29, 1.82) is 0 Å². The van der Waals surface area contributed by atoms with Crippen LogP contribution in [0.25, 0.3) is 11.4 Å². The third-order valence-corrected chi connectivity index (χ3v) is 5.32. The first-order valence-electron chi connectivity index (χ1n) is 6.34. The van der Waals surface area contributed by atoms with Crippen LogP contribution >= 0.6 is 22.6 Å². The maximum atomic E-state index is 11.6. The van der Waals surface area contributed by atoms with Gasteiger partial charge in [0, 0.05) is 9.13 Å². The maximum Gasteiger partial charge on any atom is 0.331 e. The highest BCUT2D eigenvalue weighted by Gasteiger charge is 2.49. The van der Waals surface area contributed by atoms with Gasteiger partial charge in [-0.3, -0.25) is 0 Å². The summed E-state index contributed by atoms with van der Waals surface area (Å²) >= 11 is 2.24. The van der Waals surface area contributed by atoms with Crippen LogP contribution in [0.2, 0.25) is 0 Å². The molecule has 1 aliphatic rings. The SMILES string of the molecule is Cc1cccc(-c2nnnn2C2(C(=O)O)CCC2)c1I. The quantitative estimate of drug-likeness (QED) is 0.821. The van der Waals surface area contributed by atoms with Crippen LogP contribution in [0.3, 0.4) is 0 Å². The minimum Gasteiger partial charge on any atom is -0.479 e. The van der Waals surface area contributed by atoms with Crippen molar-refractivity contribution in [2.24, 2.45) is 0 Å². The second-order valence-corrected chi connectivity index (χ2v) is 6.12. The molecule has 1 fully saturated rings. The van der Waals surface area contributed by atoms with E-state index in [0.717, 1.165) is 21.1 Å². The summed E-state index contributed by atoms with van der Waals surface area (Å²) in [5.74, 6) is -0.333. The van der Waals surface area contributed by atoms with Gasteiger partial charge in [-0.2, -0.15) is 0 Å².